The van der Waals surface area contributed by atoms with Crippen molar-refractivity contribution < 1.29 is 38.2 Å². The molecule has 0 radical (unpaired) electrons. The zero-order chi connectivity index (χ0) is 44.2. The van der Waals surface area contributed by atoms with Gasteiger partial charge in [-0.05, 0) is 77.0 Å². The summed E-state index contributed by atoms with van der Waals surface area (Å²) in [6.45, 7) is 4.62. The Bertz CT molecular complexity index is 1120. The number of aliphatic carboxylic acids is 1. The smallest absolute Gasteiger partial charge is 0.306 e. The standard InChI is InChI=1S/C52H93NO7/c1-6-8-10-12-14-16-18-20-22-23-24-25-26-27-28-29-31-32-34-36-38-40-42-50(54)59-47-48(46-58-45-44-49(52(56)57)53(3,4)5)60-51(55)43-41-39-37-35-33-30-21-19-17-15-13-11-9-7-2/h14,16,20,22,24-25,30,33,48-49H,6-13,15,17-19,21,23,26-29,31-32,34-47H2,1-5H3/b16-14+,22-20+,25-24+,33-30+. The number of carboxylic acids is 1. The van der Waals surface area contributed by atoms with Gasteiger partial charge in [0.15, 0.2) is 6.10 Å². The molecule has 8 heteroatoms. The number of carboxylic acid groups (broad SMARTS) is 1. The molecule has 0 aromatic heterocycles. The first-order chi connectivity index (χ1) is 29.1. The van der Waals surface area contributed by atoms with Crippen LogP contribution in [-0.4, -0.2) is 75.5 Å². The van der Waals surface area contributed by atoms with Gasteiger partial charge in [0.25, 0.3) is 0 Å². The molecule has 0 spiro atoms. The van der Waals surface area contributed by atoms with Crippen LogP contribution in [0.5, 0.6) is 0 Å². The number of carbonyl (C=O) groups excluding carboxylic acids is 3. The van der Waals surface area contributed by atoms with Crippen LogP contribution >= 0.6 is 0 Å². The van der Waals surface area contributed by atoms with Crippen molar-refractivity contribution in [2.75, 3.05) is 41.0 Å². The van der Waals surface area contributed by atoms with Crippen LogP contribution in [0.4, 0.5) is 0 Å². The Morgan fingerprint density at radius 2 is 0.883 bits per heavy atom. The van der Waals surface area contributed by atoms with Crippen molar-refractivity contribution in [2.45, 2.75) is 225 Å². The average Bonchev–Trinajstić information content (AvgIpc) is 3.21. The van der Waals surface area contributed by atoms with E-state index in [-0.39, 0.29) is 42.7 Å². The highest BCUT2D eigenvalue weighted by Crippen LogP contribution is 2.14. The molecule has 0 N–H and O–H groups in total. The Kier molecular flexibility index (Phi) is 41.0. The third-order valence-electron chi connectivity index (χ3n) is 10.9. The van der Waals surface area contributed by atoms with Crippen LogP contribution in [0, 0.1) is 0 Å². The predicted octanol–water partition coefficient (Wildman–Crippen LogP) is 12.6. The SMILES string of the molecule is CCCCC/C=C/C/C=C/C/C=C/CCCCCCCCCCCC(=O)OCC(COCCC(C(=O)[O-])[N+](C)(C)C)OC(=O)CCCCC/C=C/CCCCCCCCC. The highest BCUT2D eigenvalue weighted by atomic mass is 16.6. The Balaban J connectivity index is 4.26. The second-order valence-electron chi connectivity index (χ2n) is 17.7. The van der Waals surface area contributed by atoms with Crippen molar-refractivity contribution in [3.8, 4) is 0 Å². The van der Waals surface area contributed by atoms with Gasteiger partial charge in [-0.1, -0.05) is 165 Å². The number of ether oxygens (including phenoxy) is 3. The molecule has 0 amide bonds. The van der Waals surface area contributed by atoms with Crippen molar-refractivity contribution in [1.82, 2.24) is 0 Å². The van der Waals surface area contributed by atoms with Gasteiger partial charge < -0.3 is 28.6 Å². The normalized spacial score (nSPS) is 13.3. The molecule has 8 nitrogen and oxygen atoms in total. The van der Waals surface area contributed by atoms with E-state index < -0.39 is 18.1 Å². The second-order valence-corrected chi connectivity index (χ2v) is 17.7. The number of hydrogen-bond acceptors (Lipinski definition) is 7. The molecule has 0 aromatic rings. The first-order valence-corrected chi connectivity index (χ1v) is 24.7. The third kappa shape index (κ3) is 40.7. The second kappa shape index (κ2) is 43.0. The van der Waals surface area contributed by atoms with E-state index in [2.05, 4.69) is 62.5 Å². The molecule has 0 fully saturated rings. The molecule has 60 heavy (non-hydrogen) atoms. The van der Waals surface area contributed by atoms with Crippen LogP contribution < -0.4 is 5.11 Å². The summed E-state index contributed by atoms with van der Waals surface area (Å²) in [5, 5.41) is 11.6. The molecule has 0 saturated carbocycles. The van der Waals surface area contributed by atoms with Crippen LogP contribution in [0.2, 0.25) is 0 Å². The lowest BCUT2D eigenvalue weighted by Gasteiger charge is -2.34. The van der Waals surface area contributed by atoms with Gasteiger partial charge >= 0.3 is 11.9 Å². The first-order valence-electron chi connectivity index (χ1n) is 24.7. The number of quaternary nitrogens is 1. The molecule has 348 valence electrons. The molecule has 0 rings (SSSR count). The molecule has 0 heterocycles. The van der Waals surface area contributed by atoms with Gasteiger partial charge in [-0.15, -0.1) is 0 Å². The van der Waals surface area contributed by atoms with Crippen molar-refractivity contribution in [3.63, 3.8) is 0 Å². The third-order valence-corrected chi connectivity index (χ3v) is 10.9. The quantitative estimate of drug-likeness (QED) is 0.0260. The Labute approximate surface area is 369 Å². The van der Waals surface area contributed by atoms with E-state index >= 15 is 0 Å². The fourth-order valence-electron chi connectivity index (χ4n) is 7.07. The van der Waals surface area contributed by atoms with Crippen LogP contribution in [-0.2, 0) is 28.6 Å². The molecule has 0 bridgehead atoms. The summed E-state index contributed by atoms with van der Waals surface area (Å²) >= 11 is 0. The van der Waals surface area contributed by atoms with E-state index in [4.69, 9.17) is 14.2 Å². The minimum Gasteiger partial charge on any atom is -0.544 e. The number of esters is 2. The lowest BCUT2D eigenvalue weighted by atomic mass is 10.1. The minimum absolute atomic E-state index is 0.0331. The van der Waals surface area contributed by atoms with Gasteiger partial charge in [-0.2, -0.15) is 0 Å². The summed E-state index contributed by atoms with van der Waals surface area (Å²) in [5.74, 6) is -1.76. The fourth-order valence-corrected chi connectivity index (χ4v) is 7.07. The summed E-state index contributed by atoms with van der Waals surface area (Å²) in [6.07, 6.45) is 51.4. The van der Waals surface area contributed by atoms with Crippen LogP contribution in [0.3, 0.4) is 0 Å². The number of unbranched alkanes of at least 4 members (excludes halogenated alkanes) is 22. The Hall–Kier alpha value is -2.71. The number of nitrogens with zero attached hydrogens (tertiary/aromatic N) is 1. The van der Waals surface area contributed by atoms with Gasteiger partial charge in [0, 0.05) is 19.3 Å². The highest BCUT2D eigenvalue weighted by molar-refractivity contribution is 5.70. The molecule has 2 unspecified atom stereocenters. The molecule has 2 atom stereocenters. The van der Waals surface area contributed by atoms with Gasteiger partial charge in [-0.25, -0.2) is 0 Å². The zero-order valence-corrected chi connectivity index (χ0v) is 39.6. The largest absolute Gasteiger partial charge is 0.544 e. The van der Waals surface area contributed by atoms with Gasteiger partial charge in [0.1, 0.15) is 12.6 Å². The molecular weight excluding hydrogens is 751 g/mol. The van der Waals surface area contributed by atoms with E-state index in [1.54, 1.807) is 21.1 Å². The molecular formula is C52H93NO7. The van der Waals surface area contributed by atoms with Crippen molar-refractivity contribution in [1.29, 1.82) is 0 Å². The molecule has 0 aliphatic heterocycles. The first kappa shape index (κ1) is 57.3. The van der Waals surface area contributed by atoms with Crippen LogP contribution in [0.25, 0.3) is 0 Å². The highest BCUT2D eigenvalue weighted by Gasteiger charge is 2.25. The lowest BCUT2D eigenvalue weighted by molar-refractivity contribution is -0.889. The van der Waals surface area contributed by atoms with Gasteiger partial charge in [-0.3, -0.25) is 9.59 Å². The monoisotopic (exact) mass is 844 g/mol. The maximum atomic E-state index is 12.7. The average molecular weight is 844 g/mol. The molecule has 0 aliphatic carbocycles. The van der Waals surface area contributed by atoms with Gasteiger partial charge in [0.2, 0.25) is 0 Å². The summed E-state index contributed by atoms with van der Waals surface area (Å²) in [7, 11) is 5.41. The van der Waals surface area contributed by atoms with Gasteiger partial charge in [0.05, 0.1) is 40.3 Å². The number of hydrogen-bond donors (Lipinski definition) is 0. The van der Waals surface area contributed by atoms with Crippen molar-refractivity contribution >= 4 is 17.9 Å². The Morgan fingerprint density at radius 1 is 0.500 bits per heavy atom. The Morgan fingerprint density at radius 3 is 1.37 bits per heavy atom. The van der Waals surface area contributed by atoms with Crippen LogP contribution in [0.1, 0.15) is 213 Å². The van der Waals surface area contributed by atoms with E-state index in [0.29, 0.717) is 12.8 Å². The predicted molar refractivity (Wildman–Crippen MR) is 250 cm³/mol. The molecule has 0 aliphatic rings. The topological polar surface area (TPSA) is 102 Å². The van der Waals surface area contributed by atoms with E-state index in [1.807, 2.05) is 0 Å². The maximum Gasteiger partial charge on any atom is 0.306 e. The zero-order valence-electron chi connectivity index (χ0n) is 39.6. The van der Waals surface area contributed by atoms with E-state index in [0.717, 1.165) is 70.6 Å². The van der Waals surface area contributed by atoms with E-state index in [1.165, 1.54) is 109 Å². The molecule has 0 saturated heterocycles. The molecule has 0 aromatic carbocycles. The maximum absolute atomic E-state index is 12.7. The summed E-state index contributed by atoms with van der Waals surface area (Å²) < 4.78 is 17.2. The fraction of sp³-hybridized carbons (Fsp3) is 0.788. The van der Waals surface area contributed by atoms with Crippen molar-refractivity contribution in [2.24, 2.45) is 0 Å². The van der Waals surface area contributed by atoms with Crippen LogP contribution in [0.15, 0.2) is 48.6 Å². The minimum atomic E-state index is -1.13. The number of carbonyl (C=O) groups is 3. The summed E-state index contributed by atoms with van der Waals surface area (Å²) in [5.41, 5.74) is 0. The number of likely N-dealkylation sites (N-methyl/N-ethyl adjacent to an activating group) is 1. The summed E-state index contributed by atoms with van der Waals surface area (Å²) in [4.78, 5) is 36.9. The summed E-state index contributed by atoms with van der Waals surface area (Å²) in [6, 6.07) is -0.729. The number of rotatable bonds is 44. The van der Waals surface area contributed by atoms with Crippen molar-refractivity contribution in [3.05, 3.63) is 48.6 Å². The van der Waals surface area contributed by atoms with E-state index in [9.17, 15) is 19.5 Å². The number of allylic oxidation sites excluding steroid dienone is 8. The lowest BCUT2D eigenvalue weighted by Crippen LogP contribution is -2.55.